The van der Waals surface area contributed by atoms with Crippen molar-refractivity contribution in [3.8, 4) is 5.75 Å². The second kappa shape index (κ2) is 5.41. The molecule has 1 aromatic carbocycles. The molecule has 98 valence electrons. The molecule has 2 heterocycles. The van der Waals surface area contributed by atoms with Crippen LogP contribution in [0.5, 0.6) is 5.75 Å². The summed E-state index contributed by atoms with van der Waals surface area (Å²) in [6.07, 6.45) is 7.96. The van der Waals surface area contributed by atoms with Gasteiger partial charge in [0.25, 0.3) is 0 Å². The zero-order valence-corrected chi connectivity index (χ0v) is 10.9. The van der Waals surface area contributed by atoms with E-state index in [0.717, 1.165) is 48.0 Å². The second-order valence-corrected chi connectivity index (χ2v) is 4.88. The van der Waals surface area contributed by atoms with Crippen molar-refractivity contribution in [1.82, 2.24) is 10.3 Å². The van der Waals surface area contributed by atoms with Gasteiger partial charge in [-0.1, -0.05) is 12.7 Å². The number of ether oxygens (including phenoxy) is 1. The summed E-state index contributed by atoms with van der Waals surface area (Å²) in [6.45, 7) is 5.95. The predicted octanol–water partition coefficient (Wildman–Crippen LogP) is 3.01. The van der Waals surface area contributed by atoms with Crippen molar-refractivity contribution in [3.05, 3.63) is 42.7 Å². The maximum absolute atomic E-state index is 6.15. The summed E-state index contributed by atoms with van der Waals surface area (Å²) < 4.78 is 6.15. The Morgan fingerprint density at radius 1 is 1.26 bits per heavy atom. The summed E-state index contributed by atoms with van der Waals surface area (Å²) in [5, 5.41) is 5.63. The Labute approximate surface area is 113 Å². The van der Waals surface area contributed by atoms with Crippen molar-refractivity contribution >= 4 is 16.8 Å². The molecule has 0 radical (unpaired) electrons. The fraction of sp³-hybridized carbons (Fsp3) is 0.312. The molecule has 1 saturated heterocycles. The van der Waals surface area contributed by atoms with Crippen molar-refractivity contribution in [1.29, 1.82) is 0 Å². The lowest BCUT2D eigenvalue weighted by Crippen LogP contribution is -2.34. The molecule has 3 nitrogen and oxygen atoms in total. The highest BCUT2D eigenvalue weighted by molar-refractivity contribution is 5.86. The first-order valence-electron chi connectivity index (χ1n) is 6.74. The van der Waals surface area contributed by atoms with Gasteiger partial charge in [-0.3, -0.25) is 4.98 Å². The van der Waals surface area contributed by atoms with Gasteiger partial charge in [-0.2, -0.15) is 0 Å². The number of nitrogens with zero attached hydrogens (tertiary/aromatic N) is 1. The van der Waals surface area contributed by atoms with Crippen LogP contribution in [0.15, 0.2) is 37.2 Å². The van der Waals surface area contributed by atoms with E-state index in [1.54, 1.807) is 0 Å². The lowest BCUT2D eigenvalue weighted by molar-refractivity contribution is 0.162. The van der Waals surface area contributed by atoms with Gasteiger partial charge >= 0.3 is 0 Å². The highest BCUT2D eigenvalue weighted by Crippen LogP contribution is 2.28. The van der Waals surface area contributed by atoms with Gasteiger partial charge in [-0.25, -0.2) is 0 Å². The molecule has 0 aliphatic carbocycles. The number of rotatable bonds is 3. The predicted molar refractivity (Wildman–Crippen MR) is 78.4 cm³/mol. The van der Waals surface area contributed by atoms with Gasteiger partial charge in [0.15, 0.2) is 0 Å². The lowest BCUT2D eigenvalue weighted by Gasteiger charge is -2.24. The van der Waals surface area contributed by atoms with E-state index in [9.17, 15) is 0 Å². The maximum Gasteiger partial charge on any atom is 0.127 e. The van der Waals surface area contributed by atoms with Crippen LogP contribution in [-0.4, -0.2) is 24.2 Å². The van der Waals surface area contributed by atoms with Crippen LogP contribution in [0.25, 0.3) is 16.8 Å². The van der Waals surface area contributed by atoms with E-state index in [1.807, 2.05) is 24.5 Å². The van der Waals surface area contributed by atoms with E-state index in [1.165, 1.54) is 0 Å². The van der Waals surface area contributed by atoms with Gasteiger partial charge in [0.2, 0.25) is 0 Å². The van der Waals surface area contributed by atoms with Crippen LogP contribution in [0.3, 0.4) is 0 Å². The maximum atomic E-state index is 6.15. The number of pyridine rings is 1. The van der Waals surface area contributed by atoms with E-state index < -0.39 is 0 Å². The minimum Gasteiger partial charge on any atom is -0.490 e. The number of nitrogens with one attached hydrogen (secondary N) is 1. The second-order valence-electron chi connectivity index (χ2n) is 4.88. The molecule has 1 fully saturated rings. The summed E-state index contributed by atoms with van der Waals surface area (Å²) in [6, 6.07) is 6.19. The highest BCUT2D eigenvalue weighted by atomic mass is 16.5. The normalized spacial score (nSPS) is 16.4. The van der Waals surface area contributed by atoms with Crippen LogP contribution in [0, 0.1) is 0 Å². The molecule has 0 unspecified atom stereocenters. The molecule has 0 spiro atoms. The fourth-order valence-corrected chi connectivity index (χ4v) is 2.49. The van der Waals surface area contributed by atoms with Crippen molar-refractivity contribution < 1.29 is 4.74 Å². The van der Waals surface area contributed by atoms with Crippen LogP contribution >= 0.6 is 0 Å². The van der Waals surface area contributed by atoms with Gasteiger partial charge in [0.05, 0.1) is 0 Å². The number of fused-ring (bicyclic) bond motifs is 1. The molecule has 0 bridgehead atoms. The Hall–Kier alpha value is -1.87. The average molecular weight is 254 g/mol. The Kier molecular flexibility index (Phi) is 3.47. The zero-order chi connectivity index (χ0) is 13.1. The molecule has 1 aliphatic rings. The Morgan fingerprint density at radius 3 is 2.89 bits per heavy atom. The summed E-state index contributed by atoms with van der Waals surface area (Å²) in [5.41, 5.74) is 1.04. The van der Waals surface area contributed by atoms with E-state index >= 15 is 0 Å². The molecule has 19 heavy (non-hydrogen) atoms. The molecule has 1 N–H and O–H groups in total. The highest BCUT2D eigenvalue weighted by Gasteiger charge is 2.16. The largest absolute Gasteiger partial charge is 0.490 e. The SMILES string of the molecule is C=Cc1cc2cnccc2cc1OC1CCNCC1. The van der Waals surface area contributed by atoms with Crippen molar-refractivity contribution in [3.63, 3.8) is 0 Å². The molecule has 0 amide bonds. The fourth-order valence-electron chi connectivity index (χ4n) is 2.49. The van der Waals surface area contributed by atoms with Crippen molar-refractivity contribution in [2.75, 3.05) is 13.1 Å². The molecular weight excluding hydrogens is 236 g/mol. The third-order valence-corrected chi connectivity index (χ3v) is 3.57. The van der Waals surface area contributed by atoms with Crippen LogP contribution in [0.4, 0.5) is 0 Å². The summed E-state index contributed by atoms with van der Waals surface area (Å²) in [5.74, 6) is 0.931. The van der Waals surface area contributed by atoms with Crippen LogP contribution < -0.4 is 10.1 Å². The minimum absolute atomic E-state index is 0.305. The Bertz CT molecular complexity index is 588. The number of piperidine rings is 1. The lowest BCUT2D eigenvalue weighted by atomic mass is 10.1. The molecule has 3 heteroatoms. The first-order chi connectivity index (χ1) is 9.36. The summed E-state index contributed by atoms with van der Waals surface area (Å²) >= 11 is 0. The van der Waals surface area contributed by atoms with Gasteiger partial charge < -0.3 is 10.1 Å². The molecule has 3 rings (SSSR count). The first-order valence-corrected chi connectivity index (χ1v) is 6.74. The number of hydrogen-bond acceptors (Lipinski definition) is 3. The monoisotopic (exact) mass is 254 g/mol. The van der Waals surface area contributed by atoms with E-state index in [-0.39, 0.29) is 0 Å². The molecule has 0 atom stereocenters. The molecule has 2 aromatic rings. The summed E-state index contributed by atoms with van der Waals surface area (Å²) in [4.78, 5) is 4.15. The quantitative estimate of drug-likeness (QED) is 0.914. The Morgan fingerprint density at radius 2 is 2.11 bits per heavy atom. The number of hydrogen-bond donors (Lipinski definition) is 1. The van der Waals surface area contributed by atoms with Crippen LogP contribution in [0.1, 0.15) is 18.4 Å². The Balaban J connectivity index is 1.94. The van der Waals surface area contributed by atoms with E-state index in [0.29, 0.717) is 6.10 Å². The number of benzene rings is 1. The molecular formula is C16H18N2O. The van der Waals surface area contributed by atoms with Crippen molar-refractivity contribution in [2.24, 2.45) is 0 Å². The molecule has 1 aliphatic heterocycles. The smallest absolute Gasteiger partial charge is 0.127 e. The molecule has 1 aromatic heterocycles. The number of aromatic nitrogens is 1. The average Bonchev–Trinajstić information content (AvgIpc) is 2.47. The minimum atomic E-state index is 0.305. The van der Waals surface area contributed by atoms with Gasteiger partial charge in [-0.05, 0) is 49.5 Å². The van der Waals surface area contributed by atoms with E-state index in [4.69, 9.17) is 4.74 Å². The third kappa shape index (κ3) is 2.61. The van der Waals surface area contributed by atoms with Gasteiger partial charge in [0, 0.05) is 23.3 Å². The molecule has 0 saturated carbocycles. The van der Waals surface area contributed by atoms with Crippen LogP contribution in [-0.2, 0) is 0 Å². The topological polar surface area (TPSA) is 34.1 Å². The van der Waals surface area contributed by atoms with Gasteiger partial charge in [0.1, 0.15) is 11.9 Å². The standard InChI is InChI=1S/C16H18N2O/c1-2-12-9-14-11-18-6-3-13(14)10-16(12)19-15-4-7-17-8-5-15/h2-3,6,9-11,15,17H,1,4-5,7-8H2. The zero-order valence-electron chi connectivity index (χ0n) is 10.9. The van der Waals surface area contributed by atoms with E-state index in [2.05, 4.69) is 29.0 Å². The third-order valence-electron chi connectivity index (χ3n) is 3.57. The van der Waals surface area contributed by atoms with Crippen LogP contribution in [0.2, 0.25) is 0 Å². The summed E-state index contributed by atoms with van der Waals surface area (Å²) in [7, 11) is 0. The first kappa shape index (κ1) is 12.2. The van der Waals surface area contributed by atoms with Crippen molar-refractivity contribution in [2.45, 2.75) is 18.9 Å². The van der Waals surface area contributed by atoms with Gasteiger partial charge in [-0.15, -0.1) is 0 Å².